The van der Waals surface area contributed by atoms with E-state index < -0.39 is 10.0 Å². The number of rotatable bonds is 7. The third-order valence-corrected chi connectivity index (χ3v) is 7.21. The maximum absolute atomic E-state index is 12.8. The van der Waals surface area contributed by atoms with Crippen molar-refractivity contribution in [3.05, 3.63) is 54.1 Å². The van der Waals surface area contributed by atoms with Crippen LogP contribution in [0.2, 0.25) is 0 Å². The molecule has 1 saturated heterocycles. The smallest absolute Gasteiger partial charge is 0.264 e. The SMILES string of the molecule is CCN1CCN(C(=O)COc2ccc(N(C)S(=O)(=O)c3ccc(C)cc3)cc2)CC1. The number of hydrogen-bond acceptors (Lipinski definition) is 5. The first-order valence-electron chi connectivity index (χ1n) is 10.1. The van der Waals surface area contributed by atoms with Crippen LogP contribution in [-0.4, -0.2) is 70.5 Å². The summed E-state index contributed by atoms with van der Waals surface area (Å²) < 4.78 is 32.5. The van der Waals surface area contributed by atoms with Gasteiger partial charge in [0.25, 0.3) is 15.9 Å². The second kappa shape index (κ2) is 9.49. The van der Waals surface area contributed by atoms with Gasteiger partial charge in [-0.15, -0.1) is 0 Å². The molecule has 1 aliphatic rings. The zero-order valence-electron chi connectivity index (χ0n) is 17.7. The number of carbonyl (C=O) groups excluding carboxylic acids is 1. The van der Waals surface area contributed by atoms with Crippen molar-refractivity contribution in [2.75, 3.05) is 50.7 Å². The highest BCUT2D eigenvalue weighted by molar-refractivity contribution is 7.92. The normalized spacial score (nSPS) is 15.1. The molecule has 0 aromatic heterocycles. The van der Waals surface area contributed by atoms with Crippen LogP contribution in [0, 0.1) is 6.92 Å². The molecular formula is C22H29N3O4S. The molecule has 0 radical (unpaired) electrons. The number of likely N-dealkylation sites (N-methyl/N-ethyl adjacent to an activating group) is 1. The molecule has 3 rings (SSSR count). The summed E-state index contributed by atoms with van der Waals surface area (Å²) >= 11 is 0. The number of benzene rings is 2. The highest BCUT2D eigenvalue weighted by atomic mass is 32.2. The molecule has 0 saturated carbocycles. The molecule has 7 nitrogen and oxygen atoms in total. The van der Waals surface area contributed by atoms with E-state index in [1.54, 1.807) is 48.5 Å². The van der Waals surface area contributed by atoms with Gasteiger partial charge < -0.3 is 14.5 Å². The number of nitrogens with zero attached hydrogens (tertiary/aromatic N) is 3. The third kappa shape index (κ3) is 5.12. The lowest BCUT2D eigenvalue weighted by Crippen LogP contribution is -2.49. The van der Waals surface area contributed by atoms with Crippen molar-refractivity contribution < 1.29 is 17.9 Å². The summed E-state index contributed by atoms with van der Waals surface area (Å²) in [5.74, 6) is 0.495. The number of piperazine rings is 1. The number of amides is 1. The average molecular weight is 432 g/mol. The van der Waals surface area contributed by atoms with E-state index in [1.807, 2.05) is 11.8 Å². The molecular weight excluding hydrogens is 402 g/mol. The minimum Gasteiger partial charge on any atom is -0.484 e. The van der Waals surface area contributed by atoms with Crippen LogP contribution in [0.4, 0.5) is 5.69 Å². The van der Waals surface area contributed by atoms with Gasteiger partial charge in [-0.3, -0.25) is 9.10 Å². The van der Waals surface area contributed by atoms with E-state index >= 15 is 0 Å². The van der Waals surface area contributed by atoms with Crippen molar-refractivity contribution in [2.24, 2.45) is 0 Å². The molecule has 30 heavy (non-hydrogen) atoms. The molecule has 1 heterocycles. The van der Waals surface area contributed by atoms with E-state index in [0.717, 1.165) is 38.3 Å². The summed E-state index contributed by atoms with van der Waals surface area (Å²) in [5.41, 5.74) is 1.52. The first-order chi connectivity index (χ1) is 14.3. The Morgan fingerprint density at radius 3 is 2.17 bits per heavy atom. The van der Waals surface area contributed by atoms with Crippen molar-refractivity contribution in [3.63, 3.8) is 0 Å². The quantitative estimate of drug-likeness (QED) is 0.673. The van der Waals surface area contributed by atoms with Crippen LogP contribution in [0.25, 0.3) is 0 Å². The lowest BCUT2D eigenvalue weighted by atomic mass is 10.2. The summed E-state index contributed by atoms with van der Waals surface area (Å²) in [6.07, 6.45) is 0. The van der Waals surface area contributed by atoms with Gasteiger partial charge >= 0.3 is 0 Å². The number of ether oxygens (including phenoxy) is 1. The number of hydrogen-bond donors (Lipinski definition) is 0. The number of sulfonamides is 1. The Bertz CT molecular complexity index is 951. The summed E-state index contributed by atoms with van der Waals surface area (Å²) in [5, 5.41) is 0. The minimum absolute atomic E-state index is 0.0248. The molecule has 0 bridgehead atoms. The van der Waals surface area contributed by atoms with Crippen molar-refractivity contribution >= 4 is 21.6 Å². The summed E-state index contributed by atoms with van der Waals surface area (Å²) in [6, 6.07) is 13.5. The summed E-state index contributed by atoms with van der Waals surface area (Å²) in [6.45, 7) is 8.22. The predicted octanol–water partition coefficient (Wildman–Crippen LogP) is 2.36. The number of anilines is 1. The Morgan fingerprint density at radius 2 is 1.60 bits per heavy atom. The predicted molar refractivity (Wildman–Crippen MR) is 117 cm³/mol. The van der Waals surface area contributed by atoms with Crippen LogP contribution >= 0.6 is 0 Å². The number of carbonyl (C=O) groups is 1. The Morgan fingerprint density at radius 1 is 1.00 bits per heavy atom. The zero-order valence-corrected chi connectivity index (χ0v) is 18.6. The fourth-order valence-corrected chi connectivity index (χ4v) is 4.50. The van der Waals surface area contributed by atoms with E-state index in [0.29, 0.717) is 11.4 Å². The Balaban J connectivity index is 1.58. The Labute approximate surface area is 178 Å². The van der Waals surface area contributed by atoms with E-state index in [1.165, 1.54) is 11.4 Å². The second-order valence-electron chi connectivity index (χ2n) is 7.38. The molecule has 0 aliphatic carbocycles. The molecule has 162 valence electrons. The first kappa shape index (κ1) is 22.1. The fourth-order valence-electron chi connectivity index (χ4n) is 3.31. The minimum atomic E-state index is -3.64. The highest BCUT2D eigenvalue weighted by Crippen LogP contribution is 2.24. The van der Waals surface area contributed by atoms with Gasteiger partial charge in [0.2, 0.25) is 0 Å². The van der Waals surface area contributed by atoms with Crippen LogP contribution in [0.5, 0.6) is 5.75 Å². The molecule has 0 unspecified atom stereocenters. The second-order valence-corrected chi connectivity index (χ2v) is 9.35. The van der Waals surface area contributed by atoms with Gasteiger partial charge in [-0.2, -0.15) is 0 Å². The van der Waals surface area contributed by atoms with E-state index in [2.05, 4.69) is 11.8 Å². The maximum Gasteiger partial charge on any atom is 0.264 e. The Hall–Kier alpha value is -2.58. The monoisotopic (exact) mass is 431 g/mol. The van der Waals surface area contributed by atoms with Gasteiger partial charge in [-0.1, -0.05) is 24.6 Å². The van der Waals surface area contributed by atoms with E-state index in [9.17, 15) is 13.2 Å². The molecule has 1 fully saturated rings. The molecule has 0 atom stereocenters. The molecule has 0 spiro atoms. The maximum atomic E-state index is 12.8. The molecule has 2 aromatic carbocycles. The fraction of sp³-hybridized carbons (Fsp3) is 0.409. The molecule has 0 N–H and O–H groups in total. The van der Waals surface area contributed by atoms with Crippen LogP contribution in [0.15, 0.2) is 53.4 Å². The number of aryl methyl sites for hydroxylation is 1. The molecule has 8 heteroatoms. The van der Waals surface area contributed by atoms with Gasteiger partial charge in [0, 0.05) is 33.2 Å². The van der Waals surface area contributed by atoms with Gasteiger partial charge in [-0.25, -0.2) is 8.42 Å². The molecule has 1 amide bonds. The van der Waals surface area contributed by atoms with Crippen molar-refractivity contribution in [3.8, 4) is 5.75 Å². The van der Waals surface area contributed by atoms with Crippen LogP contribution in [0.3, 0.4) is 0 Å². The lowest BCUT2D eigenvalue weighted by molar-refractivity contribution is -0.135. The Kier molecular flexibility index (Phi) is 6.99. The highest BCUT2D eigenvalue weighted by Gasteiger charge is 2.22. The third-order valence-electron chi connectivity index (χ3n) is 5.41. The van der Waals surface area contributed by atoms with Crippen molar-refractivity contribution in [1.29, 1.82) is 0 Å². The van der Waals surface area contributed by atoms with E-state index in [-0.39, 0.29) is 17.4 Å². The van der Waals surface area contributed by atoms with Crippen LogP contribution in [0.1, 0.15) is 12.5 Å². The van der Waals surface area contributed by atoms with E-state index in [4.69, 9.17) is 4.74 Å². The summed E-state index contributed by atoms with van der Waals surface area (Å²) in [7, 11) is -2.12. The lowest BCUT2D eigenvalue weighted by Gasteiger charge is -2.33. The molecule has 1 aliphatic heterocycles. The average Bonchev–Trinajstić information content (AvgIpc) is 2.77. The van der Waals surface area contributed by atoms with Crippen LogP contribution in [-0.2, 0) is 14.8 Å². The topological polar surface area (TPSA) is 70.2 Å². The first-order valence-corrected chi connectivity index (χ1v) is 11.5. The van der Waals surface area contributed by atoms with Gasteiger partial charge in [0.1, 0.15) is 5.75 Å². The molecule has 2 aromatic rings. The van der Waals surface area contributed by atoms with Crippen molar-refractivity contribution in [1.82, 2.24) is 9.80 Å². The standard InChI is InChI=1S/C22H29N3O4S/c1-4-24-13-15-25(16-14-24)22(26)17-29-20-9-7-19(8-10-20)23(3)30(27,28)21-11-5-18(2)6-12-21/h5-12H,4,13-17H2,1-3H3. The van der Waals surface area contributed by atoms with Gasteiger partial charge in [-0.05, 0) is 49.9 Å². The zero-order chi connectivity index (χ0) is 21.7. The summed E-state index contributed by atoms with van der Waals surface area (Å²) in [4.78, 5) is 16.7. The van der Waals surface area contributed by atoms with Crippen molar-refractivity contribution in [2.45, 2.75) is 18.7 Å². The van der Waals surface area contributed by atoms with Crippen LogP contribution < -0.4 is 9.04 Å². The largest absolute Gasteiger partial charge is 0.484 e. The van der Waals surface area contributed by atoms with Gasteiger partial charge in [0.05, 0.1) is 10.6 Å². The van der Waals surface area contributed by atoms with Gasteiger partial charge in [0.15, 0.2) is 6.61 Å².